The summed E-state index contributed by atoms with van der Waals surface area (Å²) < 4.78 is 20.7. The molecule has 0 aliphatic carbocycles. The first-order valence-corrected chi connectivity index (χ1v) is 14.0. The molecule has 1 amide bonds. The van der Waals surface area contributed by atoms with E-state index in [4.69, 9.17) is 33.7 Å². The number of halogens is 3. The predicted molar refractivity (Wildman–Crippen MR) is 160 cm³/mol. The normalized spacial score (nSPS) is 26.4. The van der Waals surface area contributed by atoms with Gasteiger partial charge >= 0.3 is 5.97 Å². The molecule has 1 spiro atoms. The Hall–Kier alpha value is -3.17. The summed E-state index contributed by atoms with van der Waals surface area (Å²) in [5.74, 6) is -1.82. The summed E-state index contributed by atoms with van der Waals surface area (Å²) in [4.78, 5) is 28.4. The molecule has 6 rings (SSSR count). The molecule has 10 heteroatoms. The second-order valence-electron chi connectivity index (χ2n) is 10.6. The van der Waals surface area contributed by atoms with Crippen molar-refractivity contribution in [2.24, 2.45) is 0 Å². The molecule has 5 atom stereocenters. The van der Waals surface area contributed by atoms with Crippen molar-refractivity contribution in [1.82, 2.24) is 10.2 Å². The molecule has 0 bridgehead atoms. The van der Waals surface area contributed by atoms with Crippen LogP contribution in [0.25, 0.3) is 0 Å². The summed E-state index contributed by atoms with van der Waals surface area (Å²) in [6, 6.07) is 14.9. The summed E-state index contributed by atoms with van der Waals surface area (Å²) in [7, 11) is 1.32. The SMILES string of the molecule is C.CCCN1[C@H]2CC(c3ccc(C(=O)OC)cc3N)N[C@H]2[C@H](c2cccc(Cl)c2F)[C@]12C(=O)Nc1cc(Cl)ccc12. The van der Waals surface area contributed by atoms with E-state index in [2.05, 4.69) is 22.5 Å². The highest BCUT2D eigenvalue weighted by molar-refractivity contribution is 6.31. The summed E-state index contributed by atoms with van der Waals surface area (Å²) in [5, 5.41) is 7.27. The number of nitrogen functional groups attached to an aromatic ring is 1. The number of rotatable bonds is 5. The molecule has 0 saturated carbocycles. The number of anilines is 2. The summed E-state index contributed by atoms with van der Waals surface area (Å²) in [5.41, 5.74) is 8.69. The second kappa shape index (κ2) is 10.9. The van der Waals surface area contributed by atoms with Gasteiger partial charge in [0, 0.05) is 46.0 Å². The fourth-order valence-electron chi connectivity index (χ4n) is 7.14. The molecule has 3 aromatic rings. The topological polar surface area (TPSA) is 96.7 Å². The van der Waals surface area contributed by atoms with E-state index in [0.717, 1.165) is 17.5 Å². The van der Waals surface area contributed by atoms with Crippen molar-refractivity contribution < 1.29 is 18.7 Å². The first-order chi connectivity index (χ1) is 19.2. The maximum Gasteiger partial charge on any atom is 0.337 e. The van der Waals surface area contributed by atoms with Crippen LogP contribution in [0.2, 0.25) is 10.0 Å². The van der Waals surface area contributed by atoms with E-state index in [1.54, 1.807) is 36.4 Å². The van der Waals surface area contributed by atoms with Crippen LogP contribution in [0.1, 0.15) is 66.2 Å². The Kier molecular flexibility index (Phi) is 7.80. The van der Waals surface area contributed by atoms with Gasteiger partial charge in [-0.1, -0.05) is 61.8 Å². The fraction of sp³-hybridized carbons (Fsp3) is 0.355. The molecule has 3 aliphatic heterocycles. The molecule has 3 aromatic carbocycles. The number of hydrogen-bond acceptors (Lipinski definition) is 6. The first-order valence-electron chi connectivity index (χ1n) is 13.3. The molecule has 3 aliphatic rings. The summed E-state index contributed by atoms with van der Waals surface area (Å²) in [6.45, 7) is 2.68. The molecular formula is C31H33Cl2FN4O3. The largest absolute Gasteiger partial charge is 0.465 e. The Labute approximate surface area is 249 Å². The predicted octanol–water partition coefficient (Wildman–Crippen LogP) is 6.27. The summed E-state index contributed by atoms with van der Waals surface area (Å²) in [6.07, 6.45) is 1.41. The zero-order valence-corrected chi connectivity index (χ0v) is 23.5. The number of amides is 1. The van der Waals surface area contributed by atoms with Gasteiger partial charge in [-0.25, -0.2) is 9.18 Å². The number of methoxy groups -OCH3 is 1. The lowest BCUT2D eigenvalue weighted by molar-refractivity contribution is -0.128. The minimum atomic E-state index is -1.17. The van der Waals surface area contributed by atoms with Crippen molar-refractivity contribution in [1.29, 1.82) is 0 Å². The van der Waals surface area contributed by atoms with Crippen molar-refractivity contribution in [2.75, 3.05) is 24.7 Å². The smallest absolute Gasteiger partial charge is 0.337 e. The number of carbonyl (C=O) groups is 2. The maximum atomic E-state index is 15.9. The van der Waals surface area contributed by atoms with Gasteiger partial charge in [0.1, 0.15) is 11.4 Å². The van der Waals surface area contributed by atoms with Crippen molar-refractivity contribution in [3.63, 3.8) is 0 Å². The highest BCUT2D eigenvalue weighted by atomic mass is 35.5. The van der Waals surface area contributed by atoms with Gasteiger partial charge in [0.2, 0.25) is 5.91 Å². The molecule has 41 heavy (non-hydrogen) atoms. The molecule has 1 unspecified atom stereocenters. The van der Waals surface area contributed by atoms with E-state index in [1.807, 2.05) is 12.1 Å². The van der Waals surface area contributed by atoms with Crippen molar-refractivity contribution in [3.8, 4) is 0 Å². The van der Waals surface area contributed by atoms with Crippen LogP contribution >= 0.6 is 23.2 Å². The highest BCUT2D eigenvalue weighted by Gasteiger charge is 2.68. The third-order valence-corrected chi connectivity index (χ3v) is 9.13. The van der Waals surface area contributed by atoms with Gasteiger partial charge in [-0.2, -0.15) is 0 Å². The van der Waals surface area contributed by atoms with Crippen LogP contribution in [0, 0.1) is 5.82 Å². The number of ether oxygens (including phenoxy) is 1. The van der Waals surface area contributed by atoms with E-state index in [1.165, 1.54) is 13.2 Å². The van der Waals surface area contributed by atoms with Gasteiger partial charge in [0.05, 0.1) is 17.7 Å². The van der Waals surface area contributed by atoms with Gasteiger partial charge in [-0.3, -0.25) is 9.69 Å². The quantitative estimate of drug-likeness (QED) is 0.237. The number of likely N-dealkylation sites (tertiary alicyclic amines) is 1. The summed E-state index contributed by atoms with van der Waals surface area (Å²) >= 11 is 12.6. The Morgan fingerprint density at radius 2 is 1.95 bits per heavy atom. The van der Waals surface area contributed by atoms with E-state index in [9.17, 15) is 9.59 Å². The van der Waals surface area contributed by atoms with Gasteiger partial charge in [-0.15, -0.1) is 0 Å². The average molecular weight is 600 g/mol. The Balaban J connectivity index is 0.00000337. The molecular weight excluding hydrogens is 566 g/mol. The number of hydrogen-bond donors (Lipinski definition) is 3. The van der Waals surface area contributed by atoms with Crippen LogP contribution < -0.4 is 16.4 Å². The van der Waals surface area contributed by atoms with Crippen molar-refractivity contribution >= 4 is 46.5 Å². The first kappa shape index (κ1) is 29.3. The number of esters is 1. The van der Waals surface area contributed by atoms with Gasteiger partial charge < -0.3 is 21.1 Å². The maximum absolute atomic E-state index is 15.9. The van der Waals surface area contributed by atoms with Crippen LogP contribution in [0.4, 0.5) is 15.8 Å². The lowest BCUT2D eigenvalue weighted by atomic mass is 9.73. The number of fused-ring (bicyclic) bond motifs is 3. The number of benzene rings is 3. The Bertz CT molecular complexity index is 1540. The van der Waals surface area contributed by atoms with E-state index >= 15 is 4.39 Å². The number of carbonyl (C=O) groups excluding carboxylic acids is 2. The molecule has 0 radical (unpaired) electrons. The van der Waals surface area contributed by atoms with Crippen LogP contribution in [-0.4, -0.2) is 42.5 Å². The van der Waals surface area contributed by atoms with Crippen molar-refractivity contribution in [3.05, 3.63) is 92.7 Å². The third-order valence-electron chi connectivity index (χ3n) is 8.60. The molecule has 7 nitrogen and oxygen atoms in total. The monoisotopic (exact) mass is 598 g/mol. The van der Waals surface area contributed by atoms with Crippen molar-refractivity contribution in [2.45, 2.75) is 56.8 Å². The fourth-order valence-corrected chi connectivity index (χ4v) is 7.49. The second-order valence-corrected chi connectivity index (χ2v) is 11.5. The lowest BCUT2D eigenvalue weighted by Crippen LogP contribution is -2.52. The minimum Gasteiger partial charge on any atom is -0.465 e. The zero-order valence-electron chi connectivity index (χ0n) is 22.0. The van der Waals surface area contributed by atoms with Crippen LogP contribution in [0.5, 0.6) is 0 Å². The average Bonchev–Trinajstić information content (AvgIpc) is 3.55. The Morgan fingerprint density at radius 1 is 1.17 bits per heavy atom. The van der Waals surface area contributed by atoms with E-state index in [-0.39, 0.29) is 36.5 Å². The number of nitrogens with one attached hydrogen (secondary N) is 2. The van der Waals surface area contributed by atoms with Gasteiger partial charge in [0.25, 0.3) is 0 Å². The molecule has 2 fully saturated rings. The number of nitrogens with two attached hydrogens (primary N) is 1. The number of nitrogens with zero attached hydrogens (tertiary/aromatic N) is 1. The van der Waals surface area contributed by atoms with Crippen LogP contribution in [0.15, 0.2) is 54.6 Å². The lowest BCUT2D eigenvalue weighted by Gasteiger charge is -2.40. The highest BCUT2D eigenvalue weighted by Crippen LogP contribution is 2.60. The van der Waals surface area contributed by atoms with E-state index < -0.39 is 23.2 Å². The van der Waals surface area contributed by atoms with Gasteiger partial charge in [0.15, 0.2) is 0 Å². The van der Waals surface area contributed by atoms with Gasteiger partial charge in [-0.05, 0) is 60.8 Å². The molecule has 0 aromatic heterocycles. The zero-order chi connectivity index (χ0) is 28.3. The van der Waals surface area contributed by atoms with Crippen LogP contribution in [0.3, 0.4) is 0 Å². The Morgan fingerprint density at radius 3 is 2.66 bits per heavy atom. The standard InChI is InChI=1S/C30H29Cl2FN4O3.CH4/c1-3-11-37-24-14-22(17-9-7-15(12-21(17)34)28(38)40-2)35-27(24)25(18-5-4-6-20(32)26(18)33)30(37)19-10-8-16(31)13-23(19)36-29(30)39;/h4-10,12-13,22,24-25,27,35H,3,11,14,34H2,1-2H3,(H,36,39);1H4/t22?,24-,25-,27+,30+;/m0./s1. The molecule has 3 heterocycles. The molecule has 2 saturated heterocycles. The molecule has 4 N–H and O–H groups in total. The van der Waals surface area contributed by atoms with E-state index in [0.29, 0.717) is 40.5 Å². The van der Waals surface area contributed by atoms with Crippen LogP contribution in [-0.2, 0) is 15.1 Å². The minimum absolute atomic E-state index is 0. The third kappa shape index (κ3) is 4.31. The molecule has 216 valence electrons.